The Kier molecular flexibility index (Phi) is 4.65. The fourth-order valence-corrected chi connectivity index (χ4v) is 2.16. The molecule has 1 aromatic heterocycles. The third kappa shape index (κ3) is 3.23. The number of halogens is 1. The van der Waals surface area contributed by atoms with Crippen molar-refractivity contribution in [2.45, 2.75) is 58.3 Å². The molecule has 1 aromatic rings. The van der Waals surface area contributed by atoms with Crippen LogP contribution in [0.15, 0.2) is 10.7 Å². The predicted octanol–water partition coefficient (Wildman–Crippen LogP) is 4.58. The Bertz CT molecular complexity index is 298. The molecule has 0 spiro atoms. The highest BCUT2D eigenvalue weighted by Crippen LogP contribution is 2.34. The number of nitrogens with zero attached hydrogens (tertiary/aromatic N) is 1. The monoisotopic (exact) mass is 229 g/mol. The normalized spacial score (nSPS) is 15.2. The van der Waals surface area contributed by atoms with Crippen LogP contribution < -0.4 is 0 Å². The first-order chi connectivity index (χ1) is 7.12. The molecule has 0 aliphatic heterocycles. The summed E-state index contributed by atoms with van der Waals surface area (Å²) in [6.45, 7) is 6.66. The van der Waals surface area contributed by atoms with E-state index in [0.29, 0.717) is 0 Å². The van der Waals surface area contributed by atoms with Crippen molar-refractivity contribution >= 4 is 11.6 Å². The maximum absolute atomic E-state index is 5.72. The summed E-state index contributed by atoms with van der Waals surface area (Å²) in [5.74, 6) is 0. The fourth-order valence-electron chi connectivity index (χ4n) is 2.03. The molecular formula is C12H20ClNO. The van der Waals surface area contributed by atoms with Gasteiger partial charge in [0.15, 0.2) is 0 Å². The molecule has 0 aliphatic carbocycles. The minimum Gasteiger partial charge on any atom is -0.436 e. The second-order valence-corrected chi connectivity index (χ2v) is 4.72. The molecule has 3 heteroatoms. The quantitative estimate of drug-likeness (QED) is 0.714. The van der Waals surface area contributed by atoms with Gasteiger partial charge in [-0.05, 0) is 24.4 Å². The zero-order chi connectivity index (χ0) is 11.3. The Labute approximate surface area is 97.0 Å². The number of aromatic nitrogens is 1. The van der Waals surface area contributed by atoms with Gasteiger partial charge >= 0.3 is 0 Å². The Hall–Kier alpha value is -0.500. The van der Waals surface area contributed by atoms with Crippen LogP contribution in [0, 0.1) is 0 Å². The van der Waals surface area contributed by atoms with Gasteiger partial charge in [0.05, 0.1) is 5.69 Å². The zero-order valence-corrected chi connectivity index (χ0v) is 10.6. The lowest BCUT2D eigenvalue weighted by Crippen LogP contribution is -2.22. The number of unbranched alkanes of at least 4 members (excludes halogenated alkanes) is 1. The van der Waals surface area contributed by atoms with Crippen molar-refractivity contribution in [1.29, 1.82) is 0 Å². The number of rotatable bonds is 6. The summed E-state index contributed by atoms with van der Waals surface area (Å²) >= 11 is 5.72. The molecule has 0 amide bonds. The van der Waals surface area contributed by atoms with Crippen LogP contribution in [0.1, 0.15) is 58.6 Å². The van der Waals surface area contributed by atoms with E-state index in [0.717, 1.165) is 25.0 Å². The highest BCUT2D eigenvalue weighted by Gasteiger charge is 2.28. The van der Waals surface area contributed by atoms with Gasteiger partial charge in [0, 0.05) is 5.41 Å². The summed E-state index contributed by atoms with van der Waals surface area (Å²) in [5, 5.41) is 0.254. The average molecular weight is 230 g/mol. The maximum atomic E-state index is 5.72. The molecule has 0 aliphatic rings. The van der Waals surface area contributed by atoms with Crippen LogP contribution in [0.5, 0.6) is 0 Å². The molecule has 0 radical (unpaired) electrons. The fraction of sp³-hybridized carbons (Fsp3) is 0.750. The third-order valence-electron chi connectivity index (χ3n) is 2.98. The highest BCUT2D eigenvalue weighted by atomic mass is 35.5. The first kappa shape index (κ1) is 12.6. The molecule has 86 valence electrons. The summed E-state index contributed by atoms with van der Waals surface area (Å²) < 4.78 is 5.09. The van der Waals surface area contributed by atoms with Crippen molar-refractivity contribution in [2.75, 3.05) is 0 Å². The van der Waals surface area contributed by atoms with E-state index in [1.807, 2.05) is 0 Å². The lowest BCUT2D eigenvalue weighted by Gasteiger charge is -2.26. The largest absolute Gasteiger partial charge is 0.436 e. The molecular weight excluding hydrogens is 210 g/mol. The summed E-state index contributed by atoms with van der Waals surface area (Å²) in [4.78, 5) is 4.25. The van der Waals surface area contributed by atoms with Crippen LogP contribution in [0.25, 0.3) is 0 Å². The molecule has 0 N–H and O–H groups in total. The summed E-state index contributed by atoms with van der Waals surface area (Å²) in [6.07, 6.45) is 7.58. The van der Waals surface area contributed by atoms with E-state index in [9.17, 15) is 0 Å². The number of hydrogen-bond acceptors (Lipinski definition) is 2. The zero-order valence-electron chi connectivity index (χ0n) is 9.85. The highest BCUT2D eigenvalue weighted by molar-refractivity contribution is 6.27. The second kappa shape index (κ2) is 5.55. The van der Waals surface area contributed by atoms with Crippen LogP contribution in [0.3, 0.4) is 0 Å². The van der Waals surface area contributed by atoms with Crippen molar-refractivity contribution < 1.29 is 4.42 Å². The second-order valence-electron chi connectivity index (χ2n) is 4.40. The number of oxazole rings is 1. The molecule has 0 aromatic carbocycles. The van der Waals surface area contributed by atoms with Crippen LogP contribution in [0.2, 0.25) is 5.35 Å². The Morgan fingerprint density at radius 3 is 2.53 bits per heavy atom. The van der Waals surface area contributed by atoms with E-state index in [1.54, 1.807) is 6.26 Å². The van der Waals surface area contributed by atoms with Gasteiger partial charge in [-0.15, -0.1) is 0 Å². The van der Waals surface area contributed by atoms with Gasteiger partial charge in [-0.2, -0.15) is 0 Å². The average Bonchev–Trinajstić information content (AvgIpc) is 2.63. The molecule has 0 bridgehead atoms. The Morgan fingerprint density at radius 1 is 1.33 bits per heavy atom. The Morgan fingerprint density at radius 2 is 2.07 bits per heavy atom. The molecule has 15 heavy (non-hydrogen) atoms. The van der Waals surface area contributed by atoms with Gasteiger partial charge in [-0.1, -0.05) is 40.0 Å². The minimum absolute atomic E-state index is 0.126. The lowest BCUT2D eigenvalue weighted by molar-refractivity contribution is 0.372. The molecule has 1 heterocycles. The van der Waals surface area contributed by atoms with Crippen molar-refractivity contribution in [3.05, 3.63) is 17.3 Å². The first-order valence-electron chi connectivity index (χ1n) is 5.74. The lowest BCUT2D eigenvalue weighted by atomic mass is 9.78. The molecule has 0 saturated heterocycles. The van der Waals surface area contributed by atoms with E-state index in [2.05, 4.69) is 25.8 Å². The van der Waals surface area contributed by atoms with Gasteiger partial charge < -0.3 is 4.42 Å². The van der Waals surface area contributed by atoms with Gasteiger partial charge in [-0.3, -0.25) is 0 Å². The molecule has 0 fully saturated rings. The van der Waals surface area contributed by atoms with E-state index >= 15 is 0 Å². The van der Waals surface area contributed by atoms with Gasteiger partial charge in [-0.25, -0.2) is 4.98 Å². The van der Waals surface area contributed by atoms with Crippen molar-refractivity contribution in [3.63, 3.8) is 0 Å². The van der Waals surface area contributed by atoms with E-state index in [-0.39, 0.29) is 10.8 Å². The van der Waals surface area contributed by atoms with E-state index < -0.39 is 0 Å². The molecule has 2 nitrogen and oxygen atoms in total. The SMILES string of the molecule is CCCCC(C)(CCC)c1coc(Cl)n1. The van der Waals surface area contributed by atoms with Crippen LogP contribution in [-0.2, 0) is 5.41 Å². The Balaban J connectivity index is 2.79. The smallest absolute Gasteiger partial charge is 0.292 e. The van der Waals surface area contributed by atoms with Crippen molar-refractivity contribution in [3.8, 4) is 0 Å². The van der Waals surface area contributed by atoms with Gasteiger partial charge in [0.25, 0.3) is 5.35 Å². The summed E-state index contributed by atoms with van der Waals surface area (Å²) in [6, 6.07) is 0. The molecule has 1 rings (SSSR count). The van der Waals surface area contributed by atoms with Crippen molar-refractivity contribution in [1.82, 2.24) is 4.98 Å². The van der Waals surface area contributed by atoms with E-state index in [4.69, 9.17) is 16.0 Å². The predicted molar refractivity (Wildman–Crippen MR) is 63.3 cm³/mol. The van der Waals surface area contributed by atoms with Gasteiger partial charge in [0.1, 0.15) is 6.26 Å². The van der Waals surface area contributed by atoms with Crippen LogP contribution in [-0.4, -0.2) is 4.98 Å². The van der Waals surface area contributed by atoms with Gasteiger partial charge in [0.2, 0.25) is 0 Å². The van der Waals surface area contributed by atoms with Crippen LogP contribution >= 0.6 is 11.6 Å². The molecule has 1 atom stereocenters. The van der Waals surface area contributed by atoms with E-state index in [1.165, 1.54) is 12.8 Å². The first-order valence-corrected chi connectivity index (χ1v) is 6.11. The maximum Gasteiger partial charge on any atom is 0.292 e. The topological polar surface area (TPSA) is 26.0 Å². The third-order valence-corrected chi connectivity index (χ3v) is 3.15. The number of hydrogen-bond donors (Lipinski definition) is 0. The van der Waals surface area contributed by atoms with Crippen molar-refractivity contribution in [2.24, 2.45) is 0 Å². The summed E-state index contributed by atoms with van der Waals surface area (Å²) in [7, 11) is 0. The minimum atomic E-state index is 0.126. The molecule has 1 unspecified atom stereocenters. The van der Waals surface area contributed by atoms with Crippen LogP contribution in [0.4, 0.5) is 0 Å². The molecule has 0 saturated carbocycles. The standard InChI is InChI=1S/C12H20ClNO/c1-4-6-8-12(3,7-5-2)10-9-15-11(13)14-10/h9H,4-8H2,1-3H3. The summed E-state index contributed by atoms with van der Waals surface area (Å²) in [5.41, 5.74) is 1.13.